The van der Waals surface area contributed by atoms with E-state index in [0.29, 0.717) is 11.5 Å². The molecule has 2 aromatic rings. The Bertz CT molecular complexity index is 1090. The number of hydrogen-bond acceptors (Lipinski definition) is 7. The maximum absolute atomic E-state index is 13.1. The molecule has 2 heterocycles. The zero-order valence-corrected chi connectivity index (χ0v) is 18.1. The Morgan fingerprint density at radius 3 is 2.58 bits per heavy atom. The lowest BCUT2D eigenvalue weighted by Gasteiger charge is -2.23. The Hall–Kier alpha value is -2.98. The molecule has 1 aromatic carbocycles. The third-order valence-electron chi connectivity index (χ3n) is 5.01. The van der Waals surface area contributed by atoms with Gasteiger partial charge in [-0.25, -0.2) is 23.1 Å². The lowest BCUT2D eigenvalue weighted by Crippen LogP contribution is -2.46. The molecule has 31 heavy (non-hydrogen) atoms. The highest BCUT2D eigenvalue weighted by Gasteiger charge is 2.34. The summed E-state index contributed by atoms with van der Waals surface area (Å²) in [7, 11) is -3.94. The average Bonchev–Trinajstić information content (AvgIpc) is 2.78. The van der Waals surface area contributed by atoms with E-state index >= 15 is 0 Å². The maximum atomic E-state index is 13.1. The highest BCUT2D eigenvalue weighted by atomic mass is 32.2. The van der Waals surface area contributed by atoms with Gasteiger partial charge in [0.05, 0.1) is 23.2 Å². The zero-order chi connectivity index (χ0) is 22.6. The number of nitrogens with one attached hydrogen (secondary N) is 2. The van der Waals surface area contributed by atoms with Gasteiger partial charge >= 0.3 is 0 Å². The third-order valence-corrected chi connectivity index (χ3v) is 6.47. The van der Waals surface area contributed by atoms with Gasteiger partial charge in [-0.3, -0.25) is 14.4 Å². The Kier molecular flexibility index (Phi) is 6.91. The molecule has 0 saturated heterocycles. The molecule has 2 N–H and O–H groups in total. The van der Waals surface area contributed by atoms with Crippen molar-refractivity contribution in [1.82, 2.24) is 20.0 Å². The van der Waals surface area contributed by atoms with Gasteiger partial charge in [-0.1, -0.05) is 32.0 Å². The fraction of sp³-hybridized carbons (Fsp3) is 0.381. The van der Waals surface area contributed by atoms with Crippen LogP contribution in [0.1, 0.15) is 31.8 Å². The van der Waals surface area contributed by atoms with Gasteiger partial charge < -0.3 is 5.32 Å². The monoisotopic (exact) mass is 444 g/mol. The Morgan fingerprint density at radius 1 is 1.19 bits per heavy atom. The van der Waals surface area contributed by atoms with Crippen LogP contribution in [0, 0.1) is 11.8 Å². The van der Waals surface area contributed by atoms with Crippen LogP contribution in [0.5, 0.6) is 0 Å². The van der Waals surface area contributed by atoms with Crippen LogP contribution in [0.2, 0.25) is 0 Å². The number of rotatable bonds is 7. The number of aromatic nitrogens is 2. The van der Waals surface area contributed by atoms with Gasteiger partial charge in [0.15, 0.2) is 5.78 Å². The van der Waals surface area contributed by atoms with Crippen molar-refractivity contribution in [1.29, 1.82) is 0 Å². The van der Waals surface area contributed by atoms with Crippen molar-refractivity contribution in [3.05, 3.63) is 54.1 Å². The summed E-state index contributed by atoms with van der Waals surface area (Å²) in [6.45, 7) is 3.51. The molecule has 1 aliphatic rings. The lowest BCUT2D eigenvalue weighted by molar-refractivity contribution is -0.141. The van der Waals surface area contributed by atoms with E-state index in [9.17, 15) is 22.8 Å². The van der Waals surface area contributed by atoms with Crippen LogP contribution in [0.25, 0.3) is 0 Å². The summed E-state index contributed by atoms with van der Waals surface area (Å²) in [6, 6.07) is 8.30. The topological polar surface area (TPSA) is 135 Å². The Labute approximate surface area is 180 Å². The number of benzene rings is 1. The molecule has 164 valence electrons. The molecule has 0 radical (unpaired) electrons. The number of carbonyl (C=O) groups excluding carboxylic acids is 3. The van der Waals surface area contributed by atoms with E-state index in [4.69, 9.17) is 0 Å². The summed E-state index contributed by atoms with van der Waals surface area (Å²) in [6.07, 6.45) is 1.24. The van der Waals surface area contributed by atoms with Gasteiger partial charge in [-0.05, 0) is 24.1 Å². The smallest absolute Gasteiger partial charge is 0.288 e. The molecule has 2 atom stereocenters. The Morgan fingerprint density at radius 2 is 1.90 bits per heavy atom. The largest absolute Gasteiger partial charge is 0.344 e. The average molecular weight is 445 g/mol. The first kappa shape index (κ1) is 22.7. The van der Waals surface area contributed by atoms with E-state index in [0.717, 1.165) is 0 Å². The predicted molar refractivity (Wildman–Crippen MR) is 111 cm³/mol. The quantitative estimate of drug-likeness (QED) is 0.603. The molecule has 1 aliphatic heterocycles. The normalized spacial score (nSPS) is 18.0. The second-order valence-corrected chi connectivity index (χ2v) is 9.45. The molecular formula is C21H24N4O5S. The maximum Gasteiger partial charge on any atom is 0.288 e. The predicted octanol–water partition coefficient (Wildman–Crippen LogP) is 0.796. The van der Waals surface area contributed by atoms with E-state index < -0.39 is 39.5 Å². The molecular weight excluding hydrogens is 420 g/mol. The van der Waals surface area contributed by atoms with Crippen LogP contribution in [0.15, 0.2) is 47.5 Å². The molecule has 2 bridgehead atoms. The van der Waals surface area contributed by atoms with E-state index in [2.05, 4.69) is 20.0 Å². The molecule has 0 aliphatic carbocycles. The van der Waals surface area contributed by atoms with E-state index in [1.54, 1.807) is 38.1 Å². The van der Waals surface area contributed by atoms with E-state index in [1.165, 1.54) is 18.3 Å². The molecule has 10 heteroatoms. The first-order chi connectivity index (χ1) is 14.7. The second kappa shape index (κ2) is 9.44. The molecule has 1 aromatic heterocycles. The molecule has 3 rings (SSSR count). The minimum Gasteiger partial charge on any atom is -0.344 e. The number of carbonyl (C=O) groups is 3. The van der Waals surface area contributed by atoms with Crippen molar-refractivity contribution in [2.45, 2.75) is 44.2 Å². The minimum absolute atomic E-state index is 0.0160. The highest BCUT2D eigenvalue weighted by Crippen LogP contribution is 2.19. The van der Waals surface area contributed by atoms with Crippen molar-refractivity contribution in [2.75, 3.05) is 0 Å². The molecule has 9 nitrogen and oxygen atoms in total. The molecule has 2 unspecified atom stereocenters. The van der Waals surface area contributed by atoms with Crippen LogP contribution < -0.4 is 10.0 Å². The molecule has 1 amide bonds. The summed E-state index contributed by atoms with van der Waals surface area (Å²) in [5, 5.41) is 2.50. The SMILES string of the molecule is CC(C)C(NS(=O)(=O)c1ccccc1)C(=O)CC1Cc2nccc(n2)CNC(=O)C1=O. The minimum atomic E-state index is -3.94. The summed E-state index contributed by atoms with van der Waals surface area (Å²) in [5.41, 5.74) is 0.564. The van der Waals surface area contributed by atoms with Gasteiger partial charge in [-0.15, -0.1) is 0 Å². The summed E-state index contributed by atoms with van der Waals surface area (Å²) in [5.74, 6) is -3.02. The number of sulfonamides is 1. The number of ketones is 2. The second-order valence-electron chi connectivity index (χ2n) is 7.74. The van der Waals surface area contributed by atoms with Gasteiger partial charge in [0.1, 0.15) is 5.82 Å². The zero-order valence-electron chi connectivity index (χ0n) is 17.2. The van der Waals surface area contributed by atoms with Crippen LogP contribution in [0.3, 0.4) is 0 Å². The highest BCUT2D eigenvalue weighted by molar-refractivity contribution is 7.89. The van der Waals surface area contributed by atoms with E-state index in [1.807, 2.05) is 0 Å². The number of nitrogens with zero attached hydrogens (tertiary/aromatic N) is 2. The first-order valence-electron chi connectivity index (χ1n) is 9.90. The van der Waals surface area contributed by atoms with E-state index in [-0.39, 0.29) is 30.2 Å². The van der Waals surface area contributed by atoms with Gasteiger partial charge in [0, 0.05) is 25.0 Å². The summed E-state index contributed by atoms with van der Waals surface area (Å²) < 4.78 is 27.9. The standard InChI is InChI=1S/C21H24N4O5S/c1-13(2)19(25-31(29,30)16-6-4-3-5-7-16)17(26)10-14-11-18-22-9-8-15(24-18)12-23-21(28)20(14)27/h3-9,13-14,19,25H,10-12H2,1-2H3,(H,23,28). The third kappa shape index (κ3) is 5.59. The Balaban J connectivity index is 1.82. The van der Waals surface area contributed by atoms with Crippen LogP contribution >= 0.6 is 0 Å². The molecule has 0 fully saturated rings. The van der Waals surface area contributed by atoms with Crippen LogP contribution in [-0.4, -0.2) is 41.9 Å². The van der Waals surface area contributed by atoms with Crippen molar-refractivity contribution in [3.8, 4) is 0 Å². The number of hydrogen-bond donors (Lipinski definition) is 2. The van der Waals surface area contributed by atoms with Crippen LogP contribution in [0.4, 0.5) is 0 Å². The number of fused-ring (bicyclic) bond motifs is 2. The van der Waals surface area contributed by atoms with Gasteiger partial charge in [-0.2, -0.15) is 0 Å². The van der Waals surface area contributed by atoms with Crippen molar-refractivity contribution < 1.29 is 22.8 Å². The van der Waals surface area contributed by atoms with Gasteiger partial charge in [0.25, 0.3) is 5.91 Å². The summed E-state index contributed by atoms with van der Waals surface area (Å²) >= 11 is 0. The first-order valence-corrected chi connectivity index (χ1v) is 11.4. The fourth-order valence-corrected chi connectivity index (χ4v) is 4.73. The summed E-state index contributed by atoms with van der Waals surface area (Å²) in [4.78, 5) is 46.4. The fourth-order valence-electron chi connectivity index (χ4n) is 3.34. The van der Waals surface area contributed by atoms with Gasteiger partial charge in [0.2, 0.25) is 15.8 Å². The van der Waals surface area contributed by atoms with Crippen molar-refractivity contribution in [2.24, 2.45) is 11.8 Å². The van der Waals surface area contributed by atoms with Crippen LogP contribution in [-0.2, 0) is 37.4 Å². The van der Waals surface area contributed by atoms with Crippen molar-refractivity contribution in [3.63, 3.8) is 0 Å². The van der Waals surface area contributed by atoms with Crippen molar-refractivity contribution >= 4 is 27.5 Å². The lowest BCUT2D eigenvalue weighted by atomic mass is 9.88. The number of amides is 1. The molecule has 0 saturated carbocycles. The number of Topliss-reactive ketones (excluding diaryl/α,β-unsaturated/α-hetero) is 2. The molecule has 0 spiro atoms.